The van der Waals surface area contributed by atoms with Gasteiger partial charge in [-0.15, -0.1) is 0 Å². The number of aromatic nitrogens is 3. The molecule has 0 spiro atoms. The Bertz CT molecular complexity index is 2210. The topological polar surface area (TPSA) is 51.8 Å². The van der Waals surface area contributed by atoms with Gasteiger partial charge in [-0.2, -0.15) is 0 Å². The van der Waals surface area contributed by atoms with Crippen molar-refractivity contribution in [2.75, 3.05) is 0 Å². The molecule has 0 aliphatic rings. The molecule has 2 heterocycles. The molecular weight excluding hydrogens is 526 g/mol. The molecule has 2 aromatic heterocycles. The average Bonchev–Trinajstić information content (AvgIpc) is 3.47. The Morgan fingerprint density at radius 2 is 0.837 bits per heavy atom. The highest BCUT2D eigenvalue weighted by atomic mass is 16.3. The van der Waals surface area contributed by atoms with E-state index in [0.717, 1.165) is 55.3 Å². The van der Waals surface area contributed by atoms with Crippen molar-refractivity contribution in [3.8, 4) is 56.4 Å². The van der Waals surface area contributed by atoms with Gasteiger partial charge in [0, 0.05) is 27.5 Å². The maximum absolute atomic E-state index is 6.39. The van der Waals surface area contributed by atoms with Gasteiger partial charge >= 0.3 is 0 Å². The second kappa shape index (κ2) is 10.5. The van der Waals surface area contributed by atoms with Crippen LogP contribution in [0.3, 0.4) is 0 Å². The lowest BCUT2D eigenvalue weighted by Gasteiger charge is -2.09. The van der Waals surface area contributed by atoms with Crippen LogP contribution < -0.4 is 0 Å². The van der Waals surface area contributed by atoms with Crippen LogP contribution in [-0.4, -0.2) is 15.0 Å². The molecule has 0 saturated heterocycles. The molecule has 0 unspecified atom stereocenters. The van der Waals surface area contributed by atoms with E-state index >= 15 is 0 Å². The predicted octanol–water partition coefficient (Wildman–Crippen LogP) is 10.1. The van der Waals surface area contributed by atoms with Crippen molar-refractivity contribution in [3.63, 3.8) is 0 Å². The highest BCUT2D eigenvalue weighted by Crippen LogP contribution is 2.38. The fourth-order valence-corrected chi connectivity index (χ4v) is 5.62. The minimum atomic E-state index is 0.599. The van der Waals surface area contributed by atoms with Crippen LogP contribution >= 0.6 is 0 Å². The van der Waals surface area contributed by atoms with Crippen molar-refractivity contribution < 1.29 is 4.42 Å². The molecule has 0 N–H and O–H groups in total. The number of hydrogen-bond acceptors (Lipinski definition) is 4. The molecule has 202 valence electrons. The summed E-state index contributed by atoms with van der Waals surface area (Å²) in [7, 11) is 0. The second-order valence-corrected chi connectivity index (χ2v) is 10.5. The van der Waals surface area contributed by atoms with Gasteiger partial charge in [-0.25, -0.2) is 15.0 Å². The van der Waals surface area contributed by atoms with Crippen LogP contribution in [-0.2, 0) is 0 Å². The van der Waals surface area contributed by atoms with Crippen molar-refractivity contribution in [3.05, 3.63) is 152 Å². The molecule has 4 nitrogen and oxygen atoms in total. The summed E-state index contributed by atoms with van der Waals surface area (Å²) >= 11 is 0. The molecule has 0 saturated carbocycles. The molecule has 0 amide bonds. The van der Waals surface area contributed by atoms with E-state index in [-0.39, 0.29) is 0 Å². The van der Waals surface area contributed by atoms with Crippen LogP contribution in [0, 0.1) is 0 Å². The summed E-state index contributed by atoms with van der Waals surface area (Å²) in [4.78, 5) is 14.8. The Morgan fingerprint density at radius 1 is 0.349 bits per heavy atom. The largest absolute Gasteiger partial charge is 0.456 e. The van der Waals surface area contributed by atoms with Gasteiger partial charge in [0.05, 0.1) is 0 Å². The summed E-state index contributed by atoms with van der Waals surface area (Å²) in [6.45, 7) is 0. The van der Waals surface area contributed by atoms with E-state index in [1.807, 2.05) is 60.7 Å². The van der Waals surface area contributed by atoms with E-state index in [1.54, 1.807) is 0 Å². The van der Waals surface area contributed by atoms with Gasteiger partial charge in [-0.1, -0.05) is 133 Å². The molecule has 8 rings (SSSR count). The third kappa shape index (κ3) is 4.65. The monoisotopic (exact) mass is 551 g/mol. The van der Waals surface area contributed by atoms with Crippen molar-refractivity contribution in [2.24, 2.45) is 0 Å². The van der Waals surface area contributed by atoms with Gasteiger partial charge in [0.15, 0.2) is 17.5 Å². The highest BCUT2D eigenvalue weighted by Gasteiger charge is 2.16. The fraction of sp³-hybridized carbons (Fsp3) is 0. The first-order valence-electron chi connectivity index (χ1n) is 14.3. The number of furan rings is 1. The first-order valence-corrected chi connectivity index (χ1v) is 14.3. The number of nitrogens with zero attached hydrogens (tertiary/aromatic N) is 3. The zero-order valence-corrected chi connectivity index (χ0v) is 23.2. The van der Waals surface area contributed by atoms with Gasteiger partial charge in [0.25, 0.3) is 0 Å². The van der Waals surface area contributed by atoms with E-state index in [0.29, 0.717) is 17.5 Å². The molecule has 0 atom stereocenters. The molecule has 0 bridgehead atoms. The van der Waals surface area contributed by atoms with Crippen LogP contribution in [0.5, 0.6) is 0 Å². The summed E-state index contributed by atoms with van der Waals surface area (Å²) in [5, 5.41) is 2.17. The van der Waals surface area contributed by atoms with Gasteiger partial charge in [-0.3, -0.25) is 0 Å². The molecule has 4 heteroatoms. The maximum atomic E-state index is 6.39. The summed E-state index contributed by atoms with van der Waals surface area (Å²) in [6.07, 6.45) is 0. The summed E-state index contributed by atoms with van der Waals surface area (Å²) in [6, 6.07) is 51.6. The lowest BCUT2D eigenvalue weighted by Crippen LogP contribution is -2.00. The Hall–Kier alpha value is -5.87. The van der Waals surface area contributed by atoms with Gasteiger partial charge in [0.1, 0.15) is 11.2 Å². The minimum absolute atomic E-state index is 0.599. The van der Waals surface area contributed by atoms with Gasteiger partial charge in [-0.05, 0) is 40.5 Å². The lowest BCUT2D eigenvalue weighted by molar-refractivity contribution is 0.669. The van der Waals surface area contributed by atoms with Crippen LogP contribution in [0.15, 0.2) is 156 Å². The number of benzene rings is 6. The molecule has 8 aromatic rings. The van der Waals surface area contributed by atoms with E-state index < -0.39 is 0 Å². The molecule has 0 aliphatic heterocycles. The summed E-state index contributed by atoms with van der Waals surface area (Å²) in [5.41, 5.74) is 9.01. The van der Waals surface area contributed by atoms with E-state index in [9.17, 15) is 0 Å². The zero-order chi connectivity index (χ0) is 28.6. The van der Waals surface area contributed by atoms with E-state index in [1.165, 1.54) is 5.56 Å². The van der Waals surface area contributed by atoms with Crippen LogP contribution in [0.4, 0.5) is 0 Å². The molecular formula is C39H25N3O. The normalized spacial score (nSPS) is 11.3. The quantitative estimate of drug-likeness (QED) is 0.214. The SMILES string of the molecule is c1ccc(-c2ccc(-c3nc(-c4ccccc4)nc(-c4ccc5c(c4)oc4cccc(-c6ccccc6)c45)n3)cc2)cc1. The Balaban J connectivity index is 1.26. The lowest BCUT2D eigenvalue weighted by atomic mass is 9.99. The molecule has 6 aromatic carbocycles. The second-order valence-electron chi connectivity index (χ2n) is 10.5. The summed E-state index contributed by atoms with van der Waals surface area (Å²) < 4.78 is 6.39. The minimum Gasteiger partial charge on any atom is -0.456 e. The Kier molecular flexibility index (Phi) is 6.08. The van der Waals surface area contributed by atoms with Crippen LogP contribution in [0.1, 0.15) is 0 Å². The van der Waals surface area contributed by atoms with E-state index in [2.05, 4.69) is 91.0 Å². The first-order chi connectivity index (χ1) is 21.3. The Morgan fingerprint density at radius 3 is 1.49 bits per heavy atom. The smallest absolute Gasteiger partial charge is 0.164 e. The number of fused-ring (bicyclic) bond motifs is 3. The van der Waals surface area contributed by atoms with Crippen molar-refractivity contribution >= 4 is 21.9 Å². The third-order valence-corrected chi connectivity index (χ3v) is 7.76. The summed E-state index contributed by atoms with van der Waals surface area (Å²) in [5.74, 6) is 1.85. The molecule has 43 heavy (non-hydrogen) atoms. The highest BCUT2D eigenvalue weighted by molar-refractivity contribution is 6.12. The Labute approximate surface area is 249 Å². The first kappa shape index (κ1) is 24.9. The van der Waals surface area contributed by atoms with Crippen molar-refractivity contribution in [1.29, 1.82) is 0 Å². The maximum Gasteiger partial charge on any atom is 0.164 e. The van der Waals surface area contributed by atoms with Gasteiger partial charge in [0.2, 0.25) is 0 Å². The molecule has 0 aliphatic carbocycles. The number of hydrogen-bond donors (Lipinski definition) is 0. The fourth-order valence-electron chi connectivity index (χ4n) is 5.62. The molecule has 0 fully saturated rings. The average molecular weight is 552 g/mol. The van der Waals surface area contributed by atoms with Crippen LogP contribution in [0.25, 0.3) is 78.4 Å². The standard InChI is InChI=1S/C39H25N3O/c1-4-11-26(12-5-1)27-19-21-30(22-20-27)38-40-37(29-15-8-3-9-16-29)41-39(42-38)31-23-24-33-35(25-31)43-34-18-10-17-32(36(33)34)28-13-6-2-7-14-28/h1-25H. The number of rotatable bonds is 5. The van der Waals surface area contributed by atoms with Crippen molar-refractivity contribution in [1.82, 2.24) is 15.0 Å². The predicted molar refractivity (Wildman–Crippen MR) is 174 cm³/mol. The van der Waals surface area contributed by atoms with E-state index in [4.69, 9.17) is 19.4 Å². The van der Waals surface area contributed by atoms with Crippen LogP contribution in [0.2, 0.25) is 0 Å². The van der Waals surface area contributed by atoms with Gasteiger partial charge < -0.3 is 4.42 Å². The molecule has 0 radical (unpaired) electrons. The third-order valence-electron chi connectivity index (χ3n) is 7.76. The zero-order valence-electron chi connectivity index (χ0n) is 23.2. The van der Waals surface area contributed by atoms with Crippen molar-refractivity contribution in [2.45, 2.75) is 0 Å².